The Morgan fingerprint density at radius 2 is 1.73 bits per heavy atom. The third-order valence-electron chi connectivity index (χ3n) is 7.64. The highest BCUT2D eigenvalue weighted by atomic mass is 16.5. The fourth-order valence-corrected chi connectivity index (χ4v) is 5.63. The lowest BCUT2D eigenvalue weighted by atomic mass is 9.95. The number of methoxy groups -OCH3 is 3. The van der Waals surface area contributed by atoms with Crippen LogP contribution in [0.15, 0.2) is 29.1 Å². The zero-order valence-corrected chi connectivity index (χ0v) is 26.5. The maximum Gasteiger partial charge on any atom is 0.303 e. The number of carbonyl (C=O) groups excluding carboxylic acids is 2. The molecule has 2 unspecified atom stereocenters. The van der Waals surface area contributed by atoms with E-state index in [9.17, 15) is 19.2 Å². The predicted octanol–water partition coefficient (Wildman–Crippen LogP) is 4.45. The summed E-state index contributed by atoms with van der Waals surface area (Å²) in [7, 11) is 4.63. The Kier molecular flexibility index (Phi) is 12.4. The number of carboxylic acids is 1. The number of nitrogens with one attached hydrogen (secondary N) is 3. The molecule has 1 aliphatic rings. The van der Waals surface area contributed by atoms with Crippen molar-refractivity contribution in [2.45, 2.75) is 77.8 Å². The van der Waals surface area contributed by atoms with Crippen molar-refractivity contribution >= 4 is 23.5 Å². The van der Waals surface area contributed by atoms with Crippen LogP contribution in [0.4, 0.5) is 5.69 Å². The Morgan fingerprint density at radius 3 is 2.34 bits per heavy atom. The second-order valence-corrected chi connectivity index (χ2v) is 11.4. The van der Waals surface area contributed by atoms with Gasteiger partial charge in [0.05, 0.1) is 33.1 Å². The Labute approximate surface area is 258 Å². The van der Waals surface area contributed by atoms with E-state index in [1.807, 2.05) is 26.0 Å². The van der Waals surface area contributed by atoms with Gasteiger partial charge in [-0.1, -0.05) is 26.3 Å². The highest BCUT2D eigenvalue weighted by Crippen LogP contribution is 2.50. The van der Waals surface area contributed by atoms with Crippen molar-refractivity contribution < 1.29 is 33.7 Å². The van der Waals surface area contributed by atoms with Crippen LogP contribution in [0.25, 0.3) is 11.1 Å². The zero-order valence-electron chi connectivity index (χ0n) is 26.5. The SMILES string of the molecule is COc1cc2c(c(OC)c1OC)-c1ccc(NC(CC(C)C)C(=O)NCCCCCC(=O)O)c(=O)cc1C(NC(C)=O)CC2. The molecule has 0 spiro atoms. The van der Waals surface area contributed by atoms with Crippen molar-refractivity contribution in [2.24, 2.45) is 5.92 Å². The molecule has 11 nitrogen and oxygen atoms in total. The summed E-state index contributed by atoms with van der Waals surface area (Å²) in [6.07, 6.45) is 3.62. The van der Waals surface area contributed by atoms with Crippen molar-refractivity contribution in [3.63, 3.8) is 0 Å². The first kappa shape index (κ1) is 34.2. The molecule has 0 fully saturated rings. The average molecular weight is 612 g/mol. The van der Waals surface area contributed by atoms with Crippen LogP contribution in [0.5, 0.6) is 17.2 Å². The molecule has 44 heavy (non-hydrogen) atoms. The van der Waals surface area contributed by atoms with Crippen LogP contribution < -0.4 is 35.6 Å². The van der Waals surface area contributed by atoms with Gasteiger partial charge in [-0.15, -0.1) is 0 Å². The van der Waals surface area contributed by atoms with Gasteiger partial charge in [0.2, 0.25) is 23.0 Å². The van der Waals surface area contributed by atoms with E-state index in [2.05, 4.69) is 16.0 Å². The number of carbonyl (C=O) groups is 3. The summed E-state index contributed by atoms with van der Waals surface area (Å²) in [6.45, 7) is 5.86. The maximum atomic E-state index is 13.7. The number of aliphatic carboxylic acids is 1. The number of benzene rings is 1. The first-order chi connectivity index (χ1) is 21.0. The Hall–Kier alpha value is -4.28. The number of aryl methyl sites for hydroxylation is 1. The lowest BCUT2D eigenvalue weighted by Gasteiger charge is -2.20. The largest absolute Gasteiger partial charge is 0.493 e. The van der Waals surface area contributed by atoms with E-state index >= 15 is 0 Å². The summed E-state index contributed by atoms with van der Waals surface area (Å²) in [5.74, 6) is 0.273. The number of rotatable bonds is 15. The number of amides is 2. The van der Waals surface area contributed by atoms with E-state index in [0.29, 0.717) is 73.4 Å². The molecule has 240 valence electrons. The van der Waals surface area contributed by atoms with E-state index in [1.165, 1.54) is 20.1 Å². The molecule has 0 bridgehead atoms. The van der Waals surface area contributed by atoms with Gasteiger partial charge in [0.25, 0.3) is 0 Å². The smallest absolute Gasteiger partial charge is 0.303 e. The van der Waals surface area contributed by atoms with Crippen LogP contribution >= 0.6 is 0 Å². The number of anilines is 1. The van der Waals surface area contributed by atoms with Gasteiger partial charge in [-0.2, -0.15) is 0 Å². The summed E-state index contributed by atoms with van der Waals surface area (Å²) in [4.78, 5) is 49.9. The quantitative estimate of drug-likeness (QED) is 0.214. The second kappa shape index (κ2) is 16.0. The van der Waals surface area contributed by atoms with Crippen molar-refractivity contribution in [3.05, 3.63) is 45.6 Å². The molecule has 0 saturated carbocycles. The first-order valence-corrected chi connectivity index (χ1v) is 15.0. The molecular weight excluding hydrogens is 566 g/mol. The van der Waals surface area contributed by atoms with E-state index in [1.54, 1.807) is 20.3 Å². The third kappa shape index (κ3) is 8.64. The van der Waals surface area contributed by atoms with E-state index < -0.39 is 18.1 Å². The fourth-order valence-electron chi connectivity index (χ4n) is 5.63. The van der Waals surface area contributed by atoms with Crippen LogP contribution in [0.3, 0.4) is 0 Å². The standard InChI is InChI=1S/C33H45N3O8/c1-19(2)16-26(33(41)34-15-9-7-8-10-29(39)40)36-25-14-12-22-23(18-27(25)38)24(35-20(3)37)13-11-21-17-28(42-4)31(43-5)32(44-6)30(21)22/h12,14,17-19,24,26H,7-11,13,15-16H2,1-6H3,(H,34,41)(H,35,37)(H,36,38)(H,39,40). The van der Waals surface area contributed by atoms with Gasteiger partial charge in [-0.3, -0.25) is 19.2 Å². The molecule has 2 amide bonds. The minimum atomic E-state index is -0.832. The summed E-state index contributed by atoms with van der Waals surface area (Å²) < 4.78 is 17.1. The van der Waals surface area contributed by atoms with E-state index in [-0.39, 0.29) is 35.3 Å². The molecule has 1 aliphatic carbocycles. The summed E-state index contributed by atoms with van der Waals surface area (Å²) in [5.41, 5.74) is 2.93. The molecule has 3 rings (SSSR count). The topological polar surface area (TPSA) is 152 Å². The predicted molar refractivity (Wildman–Crippen MR) is 169 cm³/mol. The lowest BCUT2D eigenvalue weighted by Crippen LogP contribution is -2.41. The Bertz CT molecular complexity index is 1410. The molecule has 2 atom stereocenters. The number of hydrogen-bond acceptors (Lipinski definition) is 8. The van der Waals surface area contributed by atoms with Gasteiger partial charge in [0, 0.05) is 25.5 Å². The molecule has 2 aromatic rings. The van der Waals surface area contributed by atoms with Crippen LogP contribution in [-0.4, -0.2) is 56.8 Å². The molecule has 2 aromatic carbocycles. The van der Waals surface area contributed by atoms with Gasteiger partial charge in [-0.25, -0.2) is 0 Å². The first-order valence-electron chi connectivity index (χ1n) is 15.0. The van der Waals surface area contributed by atoms with Gasteiger partial charge in [0.15, 0.2) is 11.5 Å². The average Bonchev–Trinajstić information content (AvgIpc) is 3.21. The van der Waals surface area contributed by atoms with Gasteiger partial charge in [0.1, 0.15) is 6.04 Å². The molecule has 0 aromatic heterocycles. The highest BCUT2D eigenvalue weighted by molar-refractivity contribution is 5.86. The van der Waals surface area contributed by atoms with Gasteiger partial charge >= 0.3 is 5.97 Å². The number of unbranched alkanes of at least 4 members (excludes halogenated alkanes) is 2. The minimum Gasteiger partial charge on any atom is -0.493 e. The van der Waals surface area contributed by atoms with Gasteiger partial charge in [-0.05, 0) is 72.9 Å². The highest BCUT2D eigenvalue weighted by Gasteiger charge is 2.30. The van der Waals surface area contributed by atoms with Crippen LogP contribution in [0, 0.1) is 5.92 Å². The van der Waals surface area contributed by atoms with Crippen molar-refractivity contribution in [3.8, 4) is 28.4 Å². The zero-order chi connectivity index (χ0) is 32.4. The van der Waals surface area contributed by atoms with Crippen molar-refractivity contribution in [1.29, 1.82) is 0 Å². The van der Waals surface area contributed by atoms with Crippen LogP contribution in [0.1, 0.15) is 76.5 Å². The summed E-state index contributed by atoms with van der Waals surface area (Å²) in [5, 5.41) is 17.9. The van der Waals surface area contributed by atoms with Gasteiger partial charge < -0.3 is 35.3 Å². The molecule has 0 aliphatic heterocycles. The van der Waals surface area contributed by atoms with E-state index in [4.69, 9.17) is 19.3 Å². The monoisotopic (exact) mass is 611 g/mol. The lowest BCUT2D eigenvalue weighted by molar-refractivity contribution is -0.137. The normalized spacial score (nSPS) is 14.4. The second-order valence-electron chi connectivity index (χ2n) is 11.4. The number of fused-ring (bicyclic) bond motifs is 3. The van der Waals surface area contributed by atoms with Crippen molar-refractivity contribution in [2.75, 3.05) is 33.2 Å². The maximum absolute atomic E-state index is 13.7. The summed E-state index contributed by atoms with van der Waals surface area (Å²) in [6, 6.07) is 5.80. The minimum absolute atomic E-state index is 0.103. The molecule has 0 radical (unpaired) electrons. The molecule has 0 saturated heterocycles. The Balaban J connectivity index is 2.04. The number of hydrogen-bond donors (Lipinski definition) is 4. The molecule has 11 heteroatoms. The Morgan fingerprint density at radius 1 is 1.00 bits per heavy atom. The molecule has 0 heterocycles. The van der Waals surface area contributed by atoms with Crippen LogP contribution in [0.2, 0.25) is 0 Å². The van der Waals surface area contributed by atoms with Crippen LogP contribution in [-0.2, 0) is 20.8 Å². The molecular formula is C33H45N3O8. The summed E-state index contributed by atoms with van der Waals surface area (Å²) >= 11 is 0. The number of carboxylic acid groups (broad SMARTS) is 1. The third-order valence-corrected chi connectivity index (χ3v) is 7.64. The fraction of sp³-hybridized carbons (Fsp3) is 0.515. The molecule has 4 N–H and O–H groups in total. The van der Waals surface area contributed by atoms with E-state index in [0.717, 1.165) is 11.1 Å². The number of ether oxygens (including phenoxy) is 3. The van der Waals surface area contributed by atoms with Crippen molar-refractivity contribution in [1.82, 2.24) is 10.6 Å².